The summed E-state index contributed by atoms with van der Waals surface area (Å²) in [6, 6.07) is 0. The van der Waals surface area contributed by atoms with Crippen LogP contribution in [-0.4, -0.2) is 32.5 Å². The molecule has 1 fully saturated rings. The summed E-state index contributed by atoms with van der Waals surface area (Å²) in [5.74, 6) is 0. The van der Waals surface area contributed by atoms with Gasteiger partial charge < -0.3 is 10.1 Å². The van der Waals surface area contributed by atoms with Crippen LogP contribution in [0.2, 0.25) is 0 Å². The van der Waals surface area contributed by atoms with E-state index >= 15 is 0 Å². The van der Waals surface area contributed by atoms with Gasteiger partial charge in [-0.05, 0) is 32.4 Å². The molecule has 1 rings (SSSR count). The molecule has 2 nitrogen and oxygen atoms in total. The zero-order chi connectivity index (χ0) is 7.94. The Balaban J connectivity index is 0.00000121. The van der Waals surface area contributed by atoms with Crippen LogP contribution in [0.5, 0.6) is 0 Å². The lowest BCUT2D eigenvalue weighted by molar-refractivity contribution is 0.0294. The highest BCUT2D eigenvalue weighted by Gasteiger charge is 2.12. The molecule has 0 radical (unpaired) electrons. The zero-order valence-corrected chi connectivity index (χ0v) is 8.04. The molecule has 0 bridgehead atoms. The number of piperidine rings is 1. The Morgan fingerprint density at radius 3 is 2.58 bits per heavy atom. The Labute approximate surface area is 79.3 Å². The minimum absolute atomic E-state index is 0. The number of nitrogens with one attached hydrogen (secondary N) is 1. The summed E-state index contributed by atoms with van der Waals surface area (Å²) in [6.45, 7) is 2.41. The number of alkyl halides is 1. The molecule has 1 heterocycles. The first kappa shape index (κ1) is 12.1. The molecule has 0 atom stereocenters. The molecule has 0 aromatic carbocycles. The fraction of sp³-hybridized carbons (Fsp3) is 1.00. The maximum atomic E-state index is 11.7. The summed E-state index contributed by atoms with van der Waals surface area (Å²) >= 11 is 0. The van der Waals surface area contributed by atoms with E-state index in [0.717, 1.165) is 25.9 Å². The number of hydrogen-bond acceptors (Lipinski definition) is 2. The van der Waals surface area contributed by atoms with Crippen molar-refractivity contribution in [2.45, 2.75) is 25.4 Å². The van der Waals surface area contributed by atoms with Crippen molar-refractivity contribution in [3.63, 3.8) is 0 Å². The molecule has 74 valence electrons. The molecular weight excluding hydrogens is 181 g/mol. The second-order valence-electron chi connectivity index (χ2n) is 2.86. The van der Waals surface area contributed by atoms with Gasteiger partial charge in [-0.25, -0.2) is 0 Å². The molecule has 0 amide bonds. The molecule has 0 saturated carbocycles. The van der Waals surface area contributed by atoms with Crippen LogP contribution in [0.3, 0.4) is 0 Å². The van der Waals surface area contributed by atoms with E-state index in [2.05, 4.69) is 5.32 Å². The molecule has 0 spiro atoms. The highest BCUT2D eigenvalue weighted by Crippen LogP contribution is 2.07. The average molecular weight is 198 g/mol. The average Bonchev–Trinajstić information content (AvgIpc) is 2.07. The molecule has 1 aliphatic rings. The van der Waals surface area contributed by atoms with Crippen LogP contribution >= 0.6 is 12.4 Å². The topological polar surface area (TPSA) is 21.3 Å². The minimum Gasteiger partial charge on any atom is -0.378 e. The lowest BCUT2D eigenvalue weighted by Crippen LogP contribution is -2.32. The summed E-state index contributed by atoms with van der Waals surface area (Å²) in [4.78, 5) is 0. The van der Waals surface area contributed by atoms with Gasteiger partial charge in [0.15, 0.2) is 0 Å². The Kier molecular flexibility index (Phi) is 7.86. The third-order valence-electron chi connectivity index (χ3n) is 1.92. The molecular formula is C8H17ClFNO. The molecule has 4 heteroatoms. The van der Waals surface area contributed by atoms with Crippen molar-refractivity contribution in [2.24, 2.45) is 0 Å². The third kappa shape index (κ3) is 4.91. The van der Waals surface area contributed by atoms with Gasteiger partial charge in [0.05, 0.1) is 12.8 Å². The lowest BCUT2D eigenvalue weighted by atomic mass is 10.1. The van der Waals surface area contributed by atoms with Crippen LogP contribution in [0.15, 0.2) is 0 Å². The highest BCUT2D eigenvalue weighted by atomic mass is 35.5. The van der Waals surface area contributed by atoms with Crippen molar-refractivity contribution < 1.29 is 9.13 Å². The molecule has 0 unspecified atom stereocenters. The first-order valence-corrected chi connectivity index (χ1v) is 4.32. The van der Waals surface area contributed by atoms with Crippen molar-refractivity contribution in [1.82, 2.24) is 5.32 Å². The van der Waals surface area contributed by atoms with Crippen molar-refractivity contribution in [1.29, 1.82) is 0 Å². The number of hydrogen-bond donors (Lipinski definition) is 1. The van der Waals surface area contributed by atoms with Gasteiger partial charge in [0, 0.05) is 6.61 Å². The molecule has 0 aromatic heterocycles. The van der Waals surface area contributed by atoms with Gasteiger partial charge in [-0.15, -0.1) is 12.4 Å². The van der Waals surface area contributed by atoms with Crippen molar-refractivity contribution in [3.05, 3.63) is 0 Å². The lowest BCUT2D eigenvalue weighted by Gasteiger charge is -2.22. The van der Waals surface area contributed by atoms with Gasteiger partial charge in [0.25, 0.3) is 0 Å². The first-order chi connectivity index (χ1) is 5.43. The van der Waals surface area contributed by atoms with E-state index in [4.69, 9.17) is 4.74 Å². The van der Waals surface area contributed by atoms with E-state index in [0.29, 0.717) is 19.1 Å². The summed E-state index contributed by atoms with van der Waals surface area (Å²) < 4.78 is 17.1. The van der Waals surface area contributed by atoms with E-state index in [1.807, 2.05) is 0 Å². The summed E-state index contributed by atoms with van der Waals surface area (Å²) in [6.07, 6.45) is 3.07. The van der Waals surface area contributed by atoms with E-state index in [1.54, 1.807) is 0 Å². The first-order valence-electron chi connectivity index (χ1n) is 4.32. The molecule has 12 heavy (non-hydrogen) atoms. The van der Waals surface area contributed by atoms with E-state index in [9.17, 15) is 4.39 Å². The van der Waals surface area contributed by atoms with Crippen LogP contribution in [0.25, 0.3) is 0 Å². The molecule has 0 aromatic rings. The maximum absolute atomic E-state index is 11.7. The predicted octanol–water partition coefficient (Wildman–Crippen LogP) is 1.54. The normalized spacial score (nSPS) is 18.8. The molecule has 1 saturated heterocycles. The standard InChI is InChI=1S/C8H16FNO.ClH/c9-4-1-7-11-8-2-5-10-6-3-8;/h8,10H,1-7H2;1H. The third-order valence-corrected chi connectivity index (χ3v) is 1.92. The van der Waals surface area contributed by atoms with Gasteiger partial charge in [-0.3, -0.25) is 4.39 Å². The Bertz CT molecular complexity index is 99.1. The van der Waals surface area contributed by atoms with Gasteiger partial charge in [-0.1, -0.05) is 0 Å². The maximum Gasteiger partial charge on any atom is 0.0916 e. The van der Waals surface area contributed by atoms with Crippen molar-refractivity contribution in [3.8, 4) is 0 Å². The van der Waals surface area contributed by atoms with Crippen LogP contribution in [0.1, 0.15) is 19.3 Å². The van der Waals surface area contributed by atoms with Crippen LogP contribution in [0, 0.1) is 0 Å². The van der Waals surface area contributed by atoms with Gasteiger partial charge >= 0.3 is 0 Å². The summed E-state index contributed by atoms with van der Waals surface area (Å²) in [5, 5.41) is 3.25. The van der Waals surface area contributed by atoms with E-state index in [1.165, 1.54) is 0 Å². The Morgan fingerprint density at radius 2 is 2.00 bits per heavy atom. The van der Waals surface area contributed by atoms with E-state index in [-0.39, 0.29) is 19.1 Å². The smallest absolute Gasteiger partial charge is 0.0916 e. The second kappa shape index (κ2) is 7.77. The second-order valence-corrected chi connectivity index (χ2v) is 2.86. The minimum atomic E-state index is -0.259. The summed E-state index contributed by atoms with van der Waals surface area (Å²) in [7, 11) is 0. The monoisotopic (exact) mass is 197 g/mol. The highest BCUT2D eigenvalue weighted by molar-refractivity contribution is 5.85. The predicted molar refractivity (Wildman–Crippen MR) is 49.7 cm³/mol. The zero-order valence-electron chi connectivity index (χ0n) is 7.22. The van der Waals surface area contributed by atoms with Crippen LogP contribution in [0.4, 0.5) is 4.39 Å². The Hall–Kier alpha value is 0.140. The fourth-order valence-electron chi connectivity index (χ4n) is 1.27. The van der Waals surface area contributed by atoms with Crippen molar-refractivity contribution >= 4 is 12.4 Å². The fourth-order valence-corrected chi connectivity index (χ4v) is 1.27. The largest absolute Gasteiger partial charge is 0.378 e. The summed E-state index contributed by atoms with van der Waals surface area (Å²) in [5.41, 5.74) is 0. The molecule has 0 aliphatic carbocycles. The number of halogens is 2. The van der Waals surface area contributed by atoms with E-state index < -0.39 is 0 Å². The number of rotatable bonds is 4. The van der Waals surface area contributed by atoms with Crippen LogP contribution < -0.4 is 5.32 Å². The van der Waals surface area contributed by atoms with Crippen molar-refractivity contribution in [2.75, 3.05) is 26.4 Å². The quantitative estimate of drug-likeness (QED) is 0.691. The molecule has 1 N–H and O–H groups in total. The Morgan fingerprint density at radius 1 is 1.33 bits per heavy atom. The SMILES string of the molecule is Cl.FCCCOC1CCNCC1. The van der Waals surface area contributed by atoms with Crippen LogP contribution in [-0.2, 0) is 4.74 Å². The van der Waals surface area contributed by atoms with Gasteiger partial charge in [0.2, 0.25) is 0 Å². The van der Waals surface area contributed by atoms with Gasteiger partial charge in [0.1, 0.15) is 0 Å². The van der Waals surface area contributed by atoms with Gasteiger partial charge in [-0.2, -0.15) is 0 Å². The number of ether oxygens (including phenoxy) is 1. The molecule has 1 aliphatic heterocycles.